The molecule has 1 saturated heterocycles. The lowest BCUT2D eigenvalue weighted by Crippen LogP contribution is -2.50. The zero-order valence-corrected chi connectivity index (χ0v) is 16.3. The quantitative estimate of drug-likeness (QED) is 0.755. The molecule has 0 unspecified atom stereocenters. The van der Waals surface area contributed by atoms with Crippen LogP contribution in [0, 0.1) is 0 Å². The summed E-state index contributed by atoms with van der Waals surface area (Å²) in [5, 5.41) is 1.87. The number of esters is 1. The first kappa shape index (κ1) is 19.0. The number of fused-ring (bicyclic) bond motifs is 1. The van der Waals surface area contributed by atoms with Gasteiger partial charge in [-0.25, -0.2) is 9.59 Å². The van der Waals surface area contributed by atoms with Crippen molar-refractivity contribution in [3.63, 3.8) is 0 Å². The van der Waals surface area contributed by atoms with Gasteiger partial charge in [0, 0.05) is 31.9 Å². The topological polar surface area (TPSA) is 59.1 Å². The molecular formula is C21H26N2O4. The minimum absolute atomic E-state index is 0.282. The second-order valence-corrected chi connectivity index (χ2v) is 7.66. The van der Waals surface area contributed by atoms with Crippen LogP contribution in [0.3, 0.4) is 0 Å². The van der Waals surface area contributed by atoms with Gasteiger partial charge < -0.3 is 19.3 Å². The van der Waals surface area contributed by atoms with Crippen molar-refractivity contribution in [1.82, 2.24) is 4.90 Å². The summed E-state index contributed by atoms with van der Waals surface area (Å²) >= 11 is 0. The van der Waals surface area contributed by atoms with Crippen molar-refractivity contribution in [2.45, 2.75) is 26.4 Å². The lowest BCUT2D eigenvalue weighted by atomic mass is 10.0. The predicted molar refractivity (Wildman–Crippen MR) is 105 cm³/mol. The molecule has 144 valence electrons. The van der Waals surface area contributed by atoms with Crippen LogP contribution in [0.1, 0.15) is 31.1 Å². The van der Waals surface area contributed by atoms with Gasteiger partial charge in [-0.2, -0.15) is 0 Å². The molecule has 0 saturated carbocycles. The maximum absolute atomic E-state index is 12.2. The first-order chi connectivity index (χ1) is 12.8. The zero-order chi connectivity index (χ0) is 19.6. The minimum atomic E-state index is -0.498. The second-order valence-electron chi connectivity index (χ2n) is 7.66. The maximum Gasteiger partial charge on any atom is 0.410 e. The monoisotopic (exact) mass is 370 g/mol. The number of benzene rings is 2. The number of amides is 1. The zero-order valence-electron chi connectivity index (χ0n) is 16.3. The Morgan fingerprint density at radius 2 is 1.67 bits per heavy atom. The van der Waals surface area contributed by atoms with Crippen LogP contribution in [0.2, 0.25) is 0 Å². The molecule has 0 aliphatic carbocycles. The van der Waals surface area contributed by atoms with E-state index in [9.17, 15) is 9.59 Å². The number of rotatable bonds is 2. The Bertz CT molecular complexity index is 849. The maximum atomic E-state index is 12.2. The molecule has 2 aromatic rings. The van der Waals surface area contributed by atoms with Gasteiger partial charge in [-0.3, -0.25) is 0 Å². The first-order valence-corrected chi connectivity index (χ1v) is 9.12. The van der Waals surface area contributed by atoms with Gasteiger partial charge in [-0.1, -0.05) is 24.3 Å². The molecule has 0 aromatic heterocycles. The highest BCUT2D eigenvalue weighted by molar-refractivity contribution is 6.06. The van der Waals surface area contributed by atoms with Crippen molar-refractivity contribution in [2.75, 3.05) is 38.2 Å². The number of piperazine rings is 1. The van der Waals surface area contributed by atoms with Crippen LogP contribution in [0.15, 0.2) is 36.4 Å². The van der Waals surface area contributed by atoms with Crippen molar-refractivity contribution < 1.29 is 19.1 Å². The van der Waals surface area contributed by atoms with E-state index >= 15 is 0 Å². The van der Waals surface area contributed by atoms with Crippen molar-refractivity contribution in [3.8, 4) is 0 Å². The van der Waals surface area contributed by atoms with Gasteiger partial charge in [0.05, 0.1) is 12.7 Å². The number of hydrogen-bond acceptors (Lipinski definition) is 5. The molecule has 1 heterocycles. The summed E-state index contributed by atoms with van der Waals surface area (Å²) in [5.74, 6) is -0.347. The minimum Gasteiger partial charge on any atom is -0.465 e. The standard InChI is InChI=1S/C21H26N2O4/c1-21(2,3)27-20(25)23-11-9-22(10-12-23)16-13-15-7-5-6-8-17(15)18(14-16)19(24)26-4/h5-8,13-14H,9-12H2,1-4H3. The van der Waals surface area contributed by atoms with Gasteiger partial charge in [-0.05, 0) is 43.7 Å². The molecule has 0 bridgehead atoms. The van der Waals surface area contributed by atoms with Gasteiger partial charge in [0.25, 0.3) is 0 Å². The van der Waals surface area contributed by atoms with E-state index in [0.717, 1.165) is 16.5 Å². The van der Waals surface area contributed by atoms with E-state index in [1.807, 2.05) is 51.1 Å². The highest BCUT2D eigenvalue weighted by Gasteiger charge is 2.26. The lowest BCUT2D eigenvalue weighted by Gasteiger charge is -2.37. The van der Waals surface area contributed by atoms with E-state index in [1.54, 1.807) is 4.90 Å². The van der Waals surface area contributed by atoms with Gasteiger partial charge >= 0.3 is 12.1 Å². The molecule has 2 aromatic carbocycles. The average molecular weight is 370 g/mol. The van der Waals surface area contributed by atoms with Crippen molar-refractivity contribution in [2.24, 2.45) is 0 Å². The number of carbonyl (C=O) groups is 2. The van der Waals surface area contributed by atoms with Crippen LogP contribution in [0.4, 0.5) is 10.5 Å². The lowest BCUT2D eigenvalue weighted by molar-refractivity contribution is 0.0240. The third-order valence-electron chi connectivity index (χ3n) is 4.55. The molecule has 27 heavy (non-hydrogen) atoms. The fourth-order valence-corrected chi connectivity index (χ4v) is 3.23. The number of ether oxygens (including phenoxy) is 2. The number of anilines is 1. The molecule has 1 amide bonds. The van der Waals surface area contributed by atoms with E-state index in [2.05, 4.69) is 11.0 Å². The Kier molecular flexibility index (Phi) is 5.26. The van der Waals surface area contributed by atoms with E-state index in [-0.39, 0.29) is 12.1 Å². The van der Waals surface area contributed by atoms with Crippen molar-refractivity contribution in [3.05, 3.63) is 42.0 Å². The molecule has 0 spiro atoms. The SMILES string of the molecule is COC(=O)c1cc(N2CCN(C(=O)OC(C)(C)C)CC2)cc2ccccc12. The Balaban J connectivity index is 1.79. The van der Waals surface area contributed by atoms with Crippen LogP contribution < -0.4 is 4.90 Å². The molecular weight excluding hydrogens is 344 g/mol. The van der Waals surface area contributed by atoms with Crippen LogP contribution in [0.5, 0.6) is 0 Å². The van der Waals surface area contributed by atoms with E-state index in [4.69, 9.17) is 9.47 Å². The summed E-state index contributed by atoms with van der Waals surface area (Å²) in [6, 6.07) is 11.7. The molecule has 0 atom stereocenters. The summed E-state index contributed by atoms with van der Waals surface area (Å²) in [5.41, 5.74) is 1.01. The molecule has 0 N–H and O–H groups in total. The largest absolute Gasteiger partial charge is 0.465 e. The van der Waals surface area contributed by atoms with E-state index in [1.165, 1.54) is 7.11 Å². The van der Waals surface area contributed by atoms with Crippen molar-refractivity contribution >= 4 is 28.5 Å². The van der Waals surface area contributed by atoms with Crippen molar-refractivity contribution in [1.29, 1.82) is 0 Å². The molecule has 0 radical (unpaired) electrons. The number of nitrogens with zero attached hydrogens (tertiary/aromatic N) is 2. The third kappa shape index (κ3) is 4.32. The highest BCUT2D eigenvalue weighted by atomic mass is 16.6. The summed E-state index contributed by atoms with van der Waals surface area (Å²) < 4.78 is 10.4. The second kappa shape index (κ2) is 7.47. The van der Waals surface area contributed by atoms with Gasteiger partial charge in [0.15, 0.2) is 0 Å². The molecule has 1 aliphatic rings. The molecule has 6 nitrogen and oxygen atoms in total. The highest BCUT2D eigenvalue weighted by Crippen LogP contribution is 2.28. The number of hydrogen-bond donors (Lipinski definition) is 0. The Morgan fingerprint density at radius 3 is 2.30 bits per heavy atom. The Morgan fingerprint density at radius 1 is 1.00 bits per heavy atom. The van der Waals surface area contributed by atoms with E-state index in [0.29, 0.717) is 31.7 Å². The van der Waals surface area contributed by atoms with Crippen LogP contribution in [-0.4, -0.2) is 55.9 Å². The first-order valence-electron chi connectivity index (χ1n) is 9.12. The van der Waals surface area contributed by atoms with Gasteiger partial charge in [-0.15, -0.1) is 0 Å². The summed E-state index contributed by atoms with van der Waals surface area (Å²) in [7, 11) is 1.39. The smallest absolute Gasteiger partial charge is 0.410 e. The normalized spacial score (nSPS) is 15.0. The Labute approximate surface area is 159 Å². The van der Waals surface area contributed by atoms with Crippen LogP contribution >= 0.6 is 0 Å². The third-order valence-corrected chi connectivity index (χ3v) is 4.55. The van der Waals surface area contributed by atoms with E-state index < -0.39 is 5.60 Å². The van der Waals surface area contributed by atoms with Gasteiger partial charge in [0.2, 0.25) is 0 Å². The van der Waals surface area contributed by atoms with Crippen LogP contribution in [-0.2, 0) is 9.47 Å². The molecule has 1 aliphatic heterocycles. The fraction of sp³-hybridized carbons (Fsp3) is 0.429. The predicted octanol–water partition coefficient (Wildman–Crippen LogP) is 3.68. The van der Waals surface area contributed by atoms with Crippen LogP contribution in [0.25, 0.3) is 10.8 Å². The molecule has 6 heteroatoms. The molecule has 1 fully saturated rings. The Hall–Kier alpha value is -2.76. The van der Waals surface area contributed by atoms with Gasteiger partial charge in [0.1, 0.15) is 5.60 Å². The average Bonchev–Trinajstić information content (AvgIpc) is 2.65. The summed E-state index contributed by atoms with van der Waals surface area (Å²) in [4.78, 5) is 28.4. The summed E-state index contributed by atoms with van der Waals surface area (Å²) in [6.45, 7) is 8.11. The molecule has 3 rings (SSSR count). The fourth-order valence-electron chi connectivity index (χ4n) is 3.23. The number of carbonyl (C=O) groups excluding carboxylic acids is 2. The summed E-state index contributed by atoms with van der Waals surface area (Å²) in [6.07, 6.45) is -0.282. The number of methoxy groups -OCH3 is 1.